The normalized spacial score (nSPS) is 12.1. The fraction of sp³-hybridized carbons (Fsp3) is 0.200. The second-order valence-corrected chi connectivity index (χ2v) is 4.27. The van der Waals surface area contributed by atoms with E-state index in [1.807, 2.05) is 37.3 Å². The Morgan fingerprint density at radius 1 is 1.33 bits per heavy atom. The number of rotatable bonds is 4. The van der Waals surface area contributed by atoms with Gasteiger partial charge in [-0.25, -0.2) is 0 Å². The van der Waals surface area contributed by atoms with E-state index in [1.165, 1.54) is 0 Å². The van der Waals surface area contributed by atoms with Gasteiger partial charge in [0.2, 0.25) is 0 Å². The van der Waals surface area contributed by atoms with Crippen molar-refractivity contribution in [1.29, 1.82) is 0 Å². The molecule has 0 spiro atoms. The molecule has 3 nitrogen and oxygen atoms in total. The fourth-order valence-electron chi connectivity index (χ4n) is 2.03. The standard InChI is InChI=1S/C15H15NO2/c1-11-5-6-13(15(18)10-11)12(7-9-17)14-4-2-3-8-16-14/h2-6,8-10,12,18H,7H2,1H3. The Balaban J connectivity index is 2.44. The van der Waals surface area contributed by atoms with Crippen LogP contribution in [0, 0.1) is 6.92 Å². The predicted octanol–water partition coefficient (Wildman–Crippen LogP) is 2.82. The van der Waals surface area contributed by atoms with Crippen molar-refractivity contribution in [2.45, 2.75) is 19.3 Å². The third-order valence-electron chi connectivity index (χ3n) is 2.94. The lowest BCUT2D eigenvalue weighted by Crippen LogP contribution is -2.04. The Bertz CT molecular complexity index is 537. The van der Waals surface area contributed by atoms with Crippen LogP contribution in [0.4, 0.5) is 0 Å². The Morgan fingerprint density at radius 2 is 2.17 bits per heavy atom. The van der Waals surface area contributed by atoms with E-state index in [0.717, 1.165) is 23.1 Å². The van der Waals surface area contributed by atoms with Gasteiger partial charge in [-0.2, -0.15) is 0 Å². The van der Waals surface area contributed by atoms with Crippen LogP contribution < -0.4 is 0 Å². The van der Waals surface area contributed by atoms with Gasteiger partial charge in [0.15, 0.2) is 0 Å². The maximum absolute atomic E-state index is 10.8. The summed E-state index contributed by atoms with van der Waals surface area (Å²) in [6, 6.07) is 11.1. The van der Waals surface area contributed by atoms with E-state index < -0.39 is 0 Å². The zero-order valence-corrected chi connectivity index (χ0v) is 10.2. The first-order chi connectivity index (χ1) is 8.72. The highest BCUT2D eigenvalue weighted by molar-refractivity contribution is 5.55. The number of aldehydes is 1. The first-order valence-electron chi connectivity index (χ1n) is 5.86. The van der Waals surface area contributed by atoms with E-state index in [4.69, 9.17) is 0 Å². The Labute approximate surface area is 106 Å². The van der Waals surface area contributed by atoms with Gasteiger partial charge in [-0.05, 0) is 30.7 Å². The van der Waals surface area contributed by atoms with Gasteiger partial charge in [0.25, 0.3) is 0 Å². The summed E-state index contributed by atoms with van der Waals surface area (Å²) >= 11 is 0. The average Bonchev–Trinajstić information content (AvgIpc) is 2.38. The van der Waals surface area contributed by atoms with Crippen molar-refractivity contribution in [3.05, 3.63) is 59.4 Å². The summed E-state index contributed by atoms with van der Waals surface area (Å²) in [5, 5.41) is 10.0. The molecule has 0 aliphatic carbocycles. The second kappa shape index (κ2) is 5.45. The highest BCUT2D eigenvalue weighted by Gasteiger charge is 2.18. The van der Waals surface area contributed by atoms with Gasteiger partial charge in [-0.1, -0.05) is 18.2 Å². The minimum atomic E-state index is -0.190. The Hall–Kier alpha value is -2.16. The molecule has 92 valence electrons. The van der Waals surface area contributed by atoms with Gasteiger partial charge < -0.3 is 9.90 Å². The Morgan fingerprint density at radius 3 is 2.78 bits per heavy atom. The number of nitrogens with zero attached hydrogens (tertiary/aromatic N) is 1. The molecule has 1 aromatic carbocycles. The van der Waals surface area contributed by atoms with Crippen molar-refractivity contribution in [1.82, 2.24) is 4.98 Å². The van der Waals surface area contributed by atoms with Crippen molar-refractivity contribution < 1.29 is 9.90 Å². The molecule has 1 N–H and O–H groups in total. The van der Waals surface area contributed by atoms with Gasteiger partial charge in [0, 0.05) is 29.8 Å². The van der Waals surface area contributed by atoms with Gasteiger partial charge in [-0.3, -0.25) is 4.98 Å². The number of aromatic hydroxyl groups is 1. The third-order valence-corrected chi connectivity index (χ3v) is 2.94. The van der Waals surface area contributed by atoms with Crippen molar-refractivity contribution in [3.8, 4) is 5.75 Å². The Kier molecular flexibility index (Phi) is 3.72. The number of pyridine rings is 1. The van der Waals surface area contributed by atoms with Crippen LogP contribution in [0.3, 0.4) is 0 Å². The first-order valence-corrected chi connectivity index (χ1v) is 5.86. The molecule has 1 unspecified atom stereocenters. The molecule has 1 aromatic heterocycles. The summed E-state index contributed by atoms with van der Waals surface area (Å²) in [6.07, 6.45) is 2.87. The molecular formula is C15H15NO2. The highest BCUT2D eigenvalue weighted by Crippen LogP contribution is 2.32. The number of benzene rings is 1. The van der Waals surface area contributed by atoms with Crippen LogP contribution in [0.2, 0.25) is 0 Å². The molecule has 0 saturated heterocycles. The number of carbonyl (C=O) groups excluding carboxylic acids is 1. The average molecular weight is 241 g/mol. The third kappa shape index (κ3) is 2.56. The second-order valence-electron chi connectivity index (χ2n) is 4.27. The molecule has 2 rings (SSSR count). The van der Waals surface area contributed by atoms with Crippen molar-refractivity contribution in [2.24, 2.45) is 0 Å². The van der Waals surface area contributed by atoms with E-state index in [0.29, 0.717) is 6.42 Å². The van der Waals surface area contributed by atoms with Gasteiger partial charge >= 0.3 is 0 Å². The lowest BCUT2D eigenvalue weighted by atomic mass is 9.91. The van der Waals surface area contributed by atoms with Crippen LogP contribution in [0.5, 0.6) is 5.75 Å². The lowest BCUT2D eigenvalue weighted by Gasteiger charge is -2.16. The minimum Gasteiger partial charge on any atom is -0.508 e. The van der Waals surface area contributed by atoms with E-state index in [1.54, 1.807) is 12.3 Å². The van der Waals surface area contributed by atoms with Crippen LogP contribution in [-0.2, 0) is 4.79 Å². The number of carbonyl (C=O) groups is 1. The summed E-state index contributed by atoms with van der Waals surface area (Å²) in [5.74, 6) is 0.0248. The summed E-state index contributed by atoms with van der Waals surface area (Å²) in [4.78, 5) is 15.1. The number of phenolic OH excluding ortho intramolecular Hbond substituents is 1. The molecule has 0 fully saturated rings. The summed E-state index contributed by atoms with van der Waals surface area (Å²) in [7, 11) is 0. The monoisotopic (exact) mass is 241 g/mol. The van der Waals surface area contributed by atoms with Crippen LogP contribution in [0.15, 0.2) is 42.6 Å². The molecule has 0 aliphatic heterocycles. The molecule has 0 amide bonds. The largest absolute Gasteiger partial charge is 0.508 e. The van der Waals surface area contributed by atoms with Gasteiger partial charge in [0.1, 0.15) is 12.0 Å². The number of aromatic nitrogens is 1. The summed E-state index contributed by atoms with van der Waals surface area (Å²) in [5.41, 5.74) is 2.53. The first kappa shape index (κ1) is 12.3. The lowest BCUT2D eigenvalue weighted by molar-refractivity contribution is -0.108. The van der Waals surface area contributed by atoms with Crippen LogP contribution in [0.1, 0.15) is 29.2 Å². The number of aryl methyl sites for hydroxylation is 1. The minimum absolute atomic E-state index is 0.190. The van der Waals surface area contributed by atoms with Crippen molar-refractivity contribution >= 4 is 6.29 Å². The quantitative estimate of drug-likeness (QED) is 0.837. The number of phenols is 1. The zero-order valence-electron chi connectivity index (χ0n) is 10.2. The maximum Gasteiger partial charge on any atom is 0.120 e. The summed E-state index contributed by atoms with van der Waals surface area (Å²) in [6.45, 7) is 1.92. The number of hydrogen-bond acceptors (Lipinski definition) is 3. The molecule has 0 saturated carbocycles. The smallest absolute Gasteiger partial charge is 0.120 e. The number of hydrogen-bond donors (Lipinski definition) is 1. The van der Waals surface area contributed by atoms with E-state index in [2.05, 4.69) is 4.98 Å². The molecule has 18 heavy (non-hydrogen) atoms. The van der Waals surface area contributed by atoms with E-state index >= 15 is 0 Å². The van der Waals surface area contributed by atoms with Crippen LogP contribution in [-0.4, -0.2) is 16.4 Å². The molecule has 1 atom stereocenters. The molecule has 3 heteroatoms. The van der Waals surface area contributed by atoms with Crippen LogP contribution in [0.25, 0.3) is 0 Å². The molecular weight excluding hydrogens is 226 g/mol. The van der Waals surface area contributed by atoms with E-state index in [-0.39, 0.29) is 11.7 Å². The topological polar surface area (TPSA) is 50.2 Å². The maximum atomic E-state index is 10.8. The van der Waals surface area contributed by atoms with Crippen molar-refractivity contribution in [2.75, 3.05) is 0 Å². The molecule has 0 bridgehead atoms. The summed E-state index contributed by atoms with van der Waals surface area (Å²) < 4.78 is 0. The van der Waals surface area contributed by atoms with Crippen LogP contribution >= 0.6 is 0 Å². The van der Waals surface area contributed by atoms with Crippen molar-refractivity contribution in [3.63, 3.8) is 0 Å². The predicted molar refractivity (Wildman–Crippen MR) is 69.6 cm³/mol. The molecule has 2 aromatic rings. The SMILES string of the molecule is Cc1ccc(C(CC=O)c2ccccn2)c(O)c1. The van der Waals surface area contributed by atoms with Gasteiger partial charge in [-0.15, -0.1) is 0 Å². The highest BCUT2D eigenvalue weighted by atomic mass is 16.3. The van der Waals surface area contributed by atoms with Gasteiger partial charge in [0.05, 0.1) is 0 Å². The molecule has 0 aliphatic rings. The molecule has 1 heterocycles. The molecule has 0 radical (unpaired) electrons. The van der Waals surface area contributed by atoms with E-state index in [9.17, 15) is 9.90 Å². The fourth-order valence-corrected chi connectivity index (χ4v) is 2.03. The zero-order chi connectivity index (χ0) is 13.0.